The summed E-state index contributed by atoms with van der Waals surface area (Å²) >= 11 is 1.93. The predicted molar refractivity (Wildman–Crippen MR) is 50.8 cm³/mol. The maximum absolute atomic E-state index is 5.58. The fourth-order valence-electron chi connectivity index (χ4n) is 1.10. The Hall–Kier alpha value is 0.310. The second-order valence-corrected chi connectivity index (χ2v) is 5.63. The molecule has 0 amide bonds. The average molecular weight is 174 g/mol. The van der Waals surface area contributed by atoms with Crippen molar-refractivity contribution in [3.63, 3.8) is 0 Å². The SMILES string of the molecule is C[C@@H]1OC[C@@H](C(C)(C)C)CS1. The molecule has 66 valence electrons. The van der Waals surface area contributed by atoms with E-state index in [-0.39, 0.29) is 0 Å². The topological polar surface area (TPSA) is 9.23 Å². The zero-order valence-corrected chi connectivity index (χ0v) is 8.70. The maximum atomic E-state index is 5.58. The molecular formula is C9H18OS. The van der Waals surface area contributed by atoms with E-state index in [9.17, 15) is 0 Å². The largest absolute Gasteiger partial charge is 0.368 e. The van der Waals surface area contributed by atoms with Crippen molar-refractivity contribution in [2.45, 2.75) is 33.1 Å². The molecule has 1 fully saturated rings. The first-order valence-electron chi connectivity index (χ1n) is 4.23. The van der Waals surface area contributed by atoms with E-state index in [4.69, 9.17) is 4.74 Å². The highest BCUT2D eigenvalue weighted by Crippen LogP contribution is 2.34. The Morgan fingerprint density at radius 3 is 2.36 bits per heavy atom. The van der Waals surface area contributed by atoms with Crippen LogP contribution in [0.5, 0.6) is 0 Å². The average Bonchev–Trinajstić information content (AvgIpc) is 1.86. The molecule has 1 rings (SSSR count). The molecule has 11 heavy (non-hydrogen) atoms. The van der Waals surface area contributed by atoms with Crippen LogP contribution in [0.2, 0.25) is 0 Å². The Kier molecular flexibility index (Phi) is 2.87. The number of hydrogen-bond acceptors (Lipinski definition) is 2. The van der Waals surface area contributed by atoms with Gasteiger partial charge >= 0.3 is 0 Å². The van der Waals surface area contributed by atoms with Crippen molar-refractivity contribution in [3.8, 4) is 0 Å². The Labute approximate surface area is 73.9 Å². The molecule has 0 saturated carbocycles. The van der Waals surface area contributed by atoms with Crippen LogP contribution in [-0.2, 0) is 4.74 Å². The molecule has 0 aromatic carbocycles. The molecular weight excluding hydrogens is 156 g/mol. The van der Waals surface area contributed by atoms with Crippen LogP contribution < -0.4 is 0 Å². The van der Waals surface area contributed by atoms with Crippen LogP contribution in [0.4, 0.5) is 0 Å². The minimum atomic E-state index is 0.410. The summed E-state index contributed by atoms with van der Waals surface area (Å²) in [5.74, 6) is 1.98. The summed E-state index contributed by atoms with van der Waals surface area (Å²) in [6.07, 6.45) is 0. The highest BCUT2D eigenvalue weighted by atomic mass is 32.2. The highest BCUT2D eigenvalue weighted by molar-refractivity contribution is 7.99. The Morgan fingerprint density at radius 1 is 1.36 bits per heavy atom. The van der Waals surface area contributed by atoms with Gasteiger partial charge in [-0.3, -0.25) is 0 Å². The number of hydrogen-bond donors (Lipinski definition) is 0. The van der Waals surface area contributed by atoms with Crippen molar-refractivity contribution >= 4 is 11.8 Å². The van der Waals surface area contributed by atoms with Gasteiger partial charge in [-0.2, -0.15) is 0 Å². The second kappa shape index (κ2) is 3.36. The molecule has 0 aromatic heterocycles. The second-order valence-electron chi connectivity index (χ2n) is 4.30. The molecule has 2 atom stereocenters. The van der Waals surface area contributed by atoms with Gasteiger partial charge in [0.05, 0.1) is 12.0 Å². The lowest BCUT2D eigenvalue weighted by atomic mass is 9.82. The van der Waals surface area contributed by atoms with Crippen LogP contribution in [0, 0.1) is 11.3 Å². The summed E-state index contributed by atoms with van der Waals surface area (Å²) in [5.41, 5.74) is 0.821. The van der Waals surface area contributed by atoms with Crippen LogP contribution in [0.1, 0.15) is 27.7 Å². The first-order valence-corrected chi connectivity index (χ1v) is 5.28. The van der Waals surface area contributed by atoms with Gasteiger partial charge in [-0.25, -0.2) is 0 Å². The molecule has 0 aromatic rings. The minimum Gasteiger partial charge on any atom is -0.368 e. The molecule has 0 aliphatic carbocycles. The van der Waals surface area contributed by atoms with E-state index in [0.29, 0.717) is 10.9 Å². The maximum Gasteiger partial charge on any atom is 0.0999 e. The third-order valence-corrected chi connectivity index (χ3v) is 3.49. The summed E-state index contributed by atoms with van der Waals surface area (Å²) in [6.45, 7) is 9.94. The van der Waals surface area contributed by atoms with Crippen LogP contribution in [0.3, 0.4) is 0 Å². The lowest BCUT2D eigenvalue weighted by molar-refractivity contribution is 0.0475. The third kappa shape index (κ3) is 2.68. The molecule has 2 heteroatoms. The zero-order valence-electron chi connectivity index (χ0n) is 7.89. The molecule has 0 N–H and O–H groups in total. The van der Waals surface area contributed by atoms with E-state index < -0.39 is 0 Å². The Bertz CT molecular complexity index is 120. The quantitative estimate of drug-likeness (QED) is 0.558. The number of rotatable bonds is 0. The normalized spacial score (nSPS) is 33.8. The summed E-state index contributed by atoms with van der Waals surface area (Å²) < 4.78 is 5.58. The summed E-state index contributed by atoms with van der Waals surface area (Å²) in [5, 5.41) is 0. The van der Waals surface area contributed by atoms with E-state index in [0.717, 1.165) is 12.5 Å². The van der Waals surface area contributed by atoms with Crippen molar-refractivity contribution in [1.82, 2.24) is 0 Å². The van der Waals surface area contributed by atoms with Gasteiger partial charge in [0.15, 0.2) is 0 Å². The van der Waals surface area contributed by atoms with Crippen molar-refractivity contribution in [2.75, 3.05) is 12.4 Å². The van der Waals surface area contributed by atoms with E-state index in [1.54, 1.807) is 0 Å². The fraction of sp³-hybridized carbons (Fsp3) is 1.00. The monoisotopic (exact) mass is 174 g/mol. The molecule has 1 aliphatic heterocycles. The van der Waals surface area contributed by atoms with Gasteiger partial charge < -0.3 is 4.74 Å². The van der Waals surface area contributed by atoms with Crippen LogP contribution in [-0.4, -0.2) is 17.8 Å². The Balaban J connectivity index is 2.39. The smallest absolute Gasteiger partial charge is 0.0999 e. The molecule has 1 saturated heterocycles. The highest BCUT2D eigenvalue weighted by Gasteiger charge is 2.29. The van der Waals surface area contributed by atoms with Gasteiger partial charge in [0.1, 0.15) is 0 Å². The van der Waals surface area contributed by atoms with Crippen molar-refractivity contribution < 1.29 is 4.74 Å². The minimum absolute atomic E-state index is 0.410. The fourth-order valence-corrected chi connectivity index (χ4v) is 2.37. The molecule has 0 spiro atoms. The van der Waals surface area contributed by atoms with Gasteiger partial charge in [0.2, 0.25) is 0 Å². The molecule has 0 unspecified atom stereocenters. The van der Waals surface area contributed by atoms with E-state index >= 15 is 0 Å². The van der Waals surface area contributed by atoms with Crippen molar-refractivity contribution in [3.05, 3.63) is 0 Å². The van der Waals surface area contributed by atoms with Gasteiger partial charge in [-0.1, -0.05) is 20.8 Å². The standard InChI is InChI=1S/C9H18OS/c1-7-10-5-8(6-11-7)9(2,3)4/h7-8H,5-6H2,1-4H3/t7-,8-/m1/s1. The molecule has 0 radical (unpaired) electrons. The number of thioether (sulfide) groups is 1. The van der Waals surface area contributed by atoms with Gasteiger partial charge in [0, 0.05) is 5.75 Å². The first kappa shape index (κ1) is 9.40. The van der Waals surface area contributed by atoms with Crippen LogP contribution in [0.15, 0.2) is 0 Å². The van der Waals surface area contributed by atoms with Crippen LogP contribution >= 0.6 is 11.8 Å². The lowest BCUT2D eigenvalue weighted by Crippen LogP contribution is -2.32. The lowest BCUT2D eigenvalue weighted by Gasteiger charge is -2.35. The van der Waals surface area contributed by atoms with Gasteiger partial charge in [-0.05, 0) is 18.3 Å². The Morgan fingerprint density at radius 2 is 2.00 bits per heavy atom. The predicted octanol–water partition coefficient (Wildman–Crippen LogP) is 2.76. The van der Waals surface area contributed by atoms with E-state index in [2.05, 4.69) is 27.7 Å². The van der Waals surface area contributed by atoms with E-state index in [1.165, 1.54) is 5.75 Å². The van der Waals surface area contributed by atoms with Crippen molar-refractivity contribution in [2.24, 2.45) is 11.3 Å². The molecule has 1 aliphatic rings. The van der Waals surface area contributed by atoms with Gasteiger partial charge in [-0.15, -0.1) is 11.8 Å². The van der Waals surface area contributed by atoms with Crippen molar-refractivity contribution in [1.29, 1.82) is 0 Å². The summed E-state index contributed by atoms with van der Waals surface area (Å²) in [6, 6.07) is 0. The van der Waals surface area contributed by atoms with Crippen LogP contribution in [0.25, 0.3) is 0 Å². The summed E-state index contributed by atoms with van der Waals surface area (Å²) in [4.78, 5) is 0. The molecule has 0 bridgehead atoms. The van der Waals surface area contributed by atoms with Gasteiger partial charge in [0.25, 0.3) is 0 Å². The summed E-state index contributed by atoms with van der Waals surface area (Å²) in [7, 11) is 0. The first-order chi connectivity index (χ1) is 5.00. The molecule has 1 nitrogen and oxygen atoms in total. The zero-order chi connectivity index (χ0) is 8.48. The molecule has 1 heterocycles. The van der Waals surface area contributed by atoms with E-state index in [1.807, 2.05) is 11.8 Å². The number of ether oxygens (including phenoxy) is 1. The third-order valence-electron chi connectivity index (χ3n) is 2.29.